The van der Waals surface area contributed by atoms with E-state index in [-0.39, 0.29) is 0 Å². The summed E-state index contributed by atoms with van der Waals surface area (Å²) in [5, 5.41) is 1.24. The molecule has 0 aliphatic heterocycles. The summed E-state index contributed by atoms with van der Waals surface area (Å²) in [6.07, 6.45) is 5.93. The molecule has 2 heterocycles. The Bertz CT molecular complexity index is 837. The number of pyridine rings is 1. The van der Waals surface area contributed by atoms with Gasteiger partial charge in [-0.05, 0) is 42.5 Å². The van der Waals surface area contributed by atoms with Gasteiger partial charge >= 0.3 is 0 Å². The van der Waals surface area contributed by atoms with E-state index in [0.29, 0.717) is 15.8 Å². The molecular weight excluding hydrogens is 317 g/mol. The highest BCUT2D eigenvalue weighted by molar-refractivity contribution is 6.35. The predicted molar refractivity (Wildman–Crippen MR) is 90.7 cm³/mol. The molecule has 3 rings (SSSR count). The number of aryl methyl sites for hydroxylation is 1. The normalized spacial score (nSPS) is 11.2. The largest absolute Gasteiger partial charge is 0.457 e. The molecule has 0 atom stereocenters. The molecule has 0 radical (unpaired) electrons. The van der Waals surface area contributed by atoms with Crippen molar-refractivity contribution in [2.75, 3.05) is 0 Å². The van der Waals surface area contributed by atoms with E-state index >= 15 is 0 Å². The minimum absolute atomic E-state index is 0.615. The van der Waals surface area contributed by atoms with E-state index in [4.69, 9.17) is 27.6 Å². The molecule has 0 aliphatic rings. The quantitative estimate of drug-likeness (QED) is 0.599. The van der Waals surface area contributed by atoms with Crippen molar-refractivity contribution in [3.05, 3.63) is 76.2 Å². The summed E-state index contributed by atoms with van der Waals surface area (Å²) in [5.41, 5.74) is 1.88. The summed E-state index contributed by atoms with van der Waals surface area (Å²) in [5.74, 6) is 1.46. The van der Waals surface area contributed by atoms with Gasteiger partial charge in [0.25, 0.3) is 0 Å². The van der Waals surface area contributed by atoms with Crippen molar-refractivity contribution in [2.45, 2.75) is 0 Å². The Morgan fingerprint density at radius 2 is 1.86 bits per heavy atom. The van der Waals surface area contributed by atoms with Crippen molar-refractivity contribution in [3.63, 3.8) is 0 Å². The van der Waals surface area contributed by atoms with Gasteiger partial charge in [-0.1, -0.05) is 23.2 Å². The van der Waals surface area contributed by atoms with E-state index in [1.54, 1.807) is 18.2 Å². The summed E-state index contributed by atoms with van der Waals surface area (Å²) >= 11 is 12.2. The third kappa shape index (κ3) is 3.24. The lowest BCUT2D eigenvalue weighted by Crippen LogP contribution is -2.30. The van der Waals surface area contributed by atoms with Crippen molar-refractivity contribution in [1.29, 1.82) is 0 Å². The number of halogens is 2. The van der Waals surface area contributed by atoms with Gasteiger partial charge in [-0.25, -0.2) is 4.57 Å². The maximum atomic E-state index is 6.19. The van der Waals surface area contributed by atoms with Gasteiger partial charge in [-0.3, -0.25) is 0 Å². The minimum atomic E-state index is 0.615. The number of hydrogen-bond donors (Lipinski definition) is 0. The van der Waals surface area contributed by atoms with Crippen molar-refractivity contribution in [1.82, 2.24) is 0 Å². The molecule has 110 valence electrons. The van der Waals surface area contributed by atoms with Crippen LogP contribution in [0.1, 0.15) is 11.5 Å². The second-order valence-electron chi connectivity index (χ2n) is 4.90. The van der Waals surface area contributed by atoms with E-state index in [9.17, 15) is 0 Å². The summed E-state index contributed by atoms with van der Waals surface area (Å²) in [4.78, 5) is 0. The Kier molecular flexibility index (Phi) is 4.32. The number of rotatable bonds is 3. The predicted octanol–water partition coefficient (Wildman–Crippen LogP) is 5.25. The number of furan rings is 1. The zero-order valence-corrected chi connectivity index (χ0v) is 13.5. The van der Waals surface area contributed by atoms with E-state index in [2.05, 4.69) is 0 Å². The van der Waals surface area contributed by atoms with Gasteiger partial charge < -0.3 is 4.42 Å². The summed E-state index contributed by atoms with van der Waals surface area (Å²) in [7, 11) is 2.00. The fourth-order valence-corrected chi connectivity index (χ4v) is 2.53. The van der Waals surface area contributed by atoms with Gasteiger partial charge in [-0.2, -0.15) is 0 Å². The van der Waals surface area contributed by atoms with Crippen LogP contribution in [0.4, 0.5) is 0 Å². The fraction of sp³-hybridized carbons (Fsp3) is 0.0556. The van der Waals surface area contributed by atoms with Crippen LogP contribution in [-0.4, -0.2) is 0 Å². The highest BCUT2D eigenvalue weighted by atomic mass is 35.5. The summed E-state index contributed by atoms with van der Waals surface area (Å²) in [6.45, 7) is 0. The molecule has 0 fully saturated rings. The fourth-order valence-electron chi connectivity index (χ4n) is 2.15. The summed E-state index contributed by atoms with van der Waals surface area (Å²) in [6, 6.07) is 15.1. The average Bonchev–Trinajstić information content (AvgIpc) is 2.98. The molecule has 0 saturated heterocycles. The molecule has 0 N–H and O–H groups in total. The Balaban J connectivity index is 1.88. The Morgan fingerprint density at radius 1 is 1.00 bits per heavy atom. The molecule has 0 bridgehead atoms. The standard InChI is InChI=1S/C18H14Cl2NO/c1-21-11-3-2-4-14(21)6-7-15-8-10-18(22-15)16-12-13(19)5-9-17(16)20/h2-12H,1H3/q+1/b7-6+. The number of aromatic nitrogens is 1. The van der Waals surface area contributed by atoms with Crippen molar-refractivity contribution in [2.24, 2.45) is 7.05 Å². The van der Waals surface area contributed by atoms with Crippen molar-refractivity contribution < 1.29 is 8.98 Å². The number of hydrogen-bond acceptors (Lipinski definition) is 1. The molecule has 2 aromatic heterocycles. The van der Waals surface area contributed by atoms with E-state index in [0.717, 1.165) is 17.0 Å². The van der Waals surface area contributed by atoms with Crippen LogP contribution in [0.5, 0.6) is 0 Å². The summed E-state index contributed by atoms with van der Waals surface area (Å²) < 4.78 is 7.86. The Hall–Kier alpha value is -2.03. The first-order valence-corrected chi connectivity index (χ1v) is 7.57. The first kappa shape index (κ1) is 14.9. The van der Waals surface area contributed by atoms with Crippen LogP contribution in [0.3, 0.4) is 0 Å². The van der Waals surface area contributed by atoms with Crippen LogP contribution in [0.25, 0.3) is 23.5 Å². The lowest BCUT2D eigenvalue weighted by molar-refractivity contribution is -0.673. The molecule has 0 unspecified atom stereocenters. The molecule has 4 heteroatoms. The zero-order chi connectivity index (χ0) is 15.5. The Labute approximate surface area is 139 Å². The van der Waals surface area contributed by atoms with E-state index in [1.807, 2.05) is 60.3 Å². The lowest BCUT2D eigenvalue weighted by atomic mass is 10.2. The van der Waals surface area contributed by atoms with Gasteiger partial charge in [0.05, 0.1) is 5.02 Å². The van der Waals surface area contributed by atoms with E-state index in [1.165, 1.54) is 0 Å². The molecule has 3 aromatic rings. The zero-order valence-electron chi connectivity index (χ0n) is 12.0. The van der Waals surface area contributed by atoms with Crippen LogP contribution in [0, 0.1) is 0 Å². The van der Waals surface area contributed by atoms with Crippen LogP contribution >= 0.6 is 23.2 Å². The molecule has 0 spiro atoms. The number of benzene rings is 1. The lowest BCUT2D eigenvalue weighted by Gasteiger charge is -2.01. The molecule has 22 heavy (non-hydrogen) atoms. The van der Waals surface area contributed by atoms with Crippen molar-refractivity contribution in [3.8, 4) is 11.3 Å². The van der Waals surface area contributed by atoms with Gasteiger partial charge in [0.2, 0.25) is 5.69 Å². The van der Waals surface area contributed by atoms with Gasteiger partial charge in [-0.15, -0.1) is 0 Å². The smallest absolute Gasteiger partial charge is 0.205 e. The first-order chi connectivity index (χ1) is 10.6. The topological polar surface area (TPSA) is 17.0 Å². The number of nitrogens with zero attached hydrogens (tertiary/aromatic N) is 1. The van der Waals surface area contributed by atoms with Crippen LogP contribution in [-0.2, 0) is 7.05 Å². The first-order valence-electron chi connectivity index (χ1n) is 6.81. The third-order valence-corrected chi connectivity index (χ3v) is 3.90. The van der Waals surface area contributed by atoms with Crippen LogP contribution in [0.15, 0.2) is 59.1 Å². The van der Waals surface area contributed by atoms with Crippen LogP contribution in [0.2, 0.25) is 10.0 Å². The highest BCUT2D eigenvalue weighted by Crippen LogP contribution is 2.32. The minimum Gasteiger partial charge on any atom is -0.457 e. The van der Waals surface area contributed by atoms with Gasteiger partial charge in [0.15, 0.2) is 6.20 Å². The molecule has 0 amide bonds. The van der Waals surface area contributed by atoms with Crippen molar-refractivity contribution >= 4 is 35.4 Å². The van der Waals surface area contributed by atoms with Crippen LogP contribution < -0.4 is 4.57 Å². The molecular formula is C18H14Cl2NO+. The highest BCUT2D eigenvalue weighted by Gasteiger charge is 2.09. The Morgan fingerprint density at radius 3 is 2.68 bits per heavy atom. The molecule has 2 nitrogen and oxygen atoms in total. The second kappa shape index (κ2) is 6.39. The van der Waals surface area contributed by atoms with E-state index < -0.39 is 0 Å². The SMILES string of the molecule is C[n+]1ccccc1/C=C/c1ccc(-c2cc(Cl)ccc2Cl)o1. The monoisotopic (exact) mass is 330 g/mol. The average molecular weight is 331 g/mol. The maximum Gasteiger partial charge on any atom is 0.205 e. The molecule has 1 aromatic carbocycles. The van der Waals surface area contributed by atoms with Gasteiger partial charge in [0, 0.05) is 28.8 Å². The second-order valence-corrected chi connectivity index (χ2v) is 5.74. The molecule has 0 saturated carbocycles. The third-order valence-electron chi connectivity index (χ3n) is 3.33. The maximum absolute atomic E-state index is 6.19. The van der Waals surface area contributed by atoms with Gasteiger partial charge in [0.1, 0.15) is 18.6 Å². The molecule has 0 aliphatic carbocycles.